The molecule has 0 radical (unpaired) electrons. The van der Waals surface area contributed by atoms with Gasteiger partial charge in [-0.1, -0.05) is 6.92 Å². The first-order valence-electron chi connectivity index (χ1n) is 5.59. The Balaban J connectivity index is 2.22. The molecule has 5 heteroatoms. The molecule has 0 amide bonds. The monoisotopic (exact) mass is 342 g/mol. The highest BCUT2D eigenvalue weighted by Gasteiger charge is 2.04. The minimum absolute atomic E-state index is 0.199. The van der Waals surface area contributed by atoms with Crippen LogP contribution < -0.4 is 5.73 Å². The Hall–Kier alpha value is -0.950. The molecule has 17 heavy (non-hydrogen) atoms. The lowest BCUT2D eigenvalue weighted by atomic mass is 10.1. The lowest BCUT2D eigenvalue weighted by Gasteiger charge is -2.09. The van der Waals surface area contributed by atoms with Crippen LogP contribution in [0.2, 0.25) is 0 Å². The minimum atomic E-state index is 0.199. The molecule has 0 aliphatic heterocycles. The van der Waals surface area contributed by atoms with E-state index in [1.54, 1.807) is 0 Å². The summed E-state index contributed by atoms with van der Waals surface area (Å²) < 4.78 is 2.94. The number of hydrogen-bond donors (Lipinski definition) is 1. The number of halogens is 1. The summed E-state index contributed by atoms with van der Waals surface area (Å²) in [6.45, 7) is 2.10. The van der Waals surface area contributed by atoms with Crippen LogP contribution >= 0.6 is 22.6 Å². The van der Waals surface area contributed by atoms with E-state index in [0.29, 0.717) is 0 Å². The molecule has 0 saturated heterocycles. The second-order valence-corrected chi connectivity index (χ2v) is 5.27. The van der Waals surface area contributed by atoms with Crippen molar-refractivity contribution in [3.05, 3.63) is 40.0 Å². The van der Waals surface area contributed by atoms with Gasteiger partial charge in [0.15, 0.2) is 0 Å². The van der Waals surface area contributed by atoms with E-state index in [1.807, 2.05) is 29.5 Å². The quantitative estimate of drug-likeness (QED) is 0.867. The molecule has 0 aliphatic rings. The number of aromatic nitrogens is 3. The molecule has 1 unspecified atom stereocenters. The fraction of sp³-hybridized carbons (Fsp3) is 0.333. The predicted molar refractivity (Wildman–Crippen MR) is 76.0 cm³/mol. The molecule has 90 valence electrons. The Morgan fingerprint density at radius 2 is 2.24 bits per heavy atom. The highest BCUT2D eigenvalue weighted by Crippen LogP contribution is 2.12. The van der Waals surface area contributed by atoms with Gasteiger partial charge in [0.05, 0.1) is 21.7 Å². The Bertz CT molecular complexity index is 495. The van der Waals surface area contributed by atoms with Crippen LogP contribution in [-0.4, -0.2) is 20.8 Å². The van der Waals surface area contributed by atoms with Gasteiger partial charge >= 0.3 is 0 Å². The normalized spacial score (nSPS) is 12.6. The summed E-state index contributed by atoms with van der Waals surface area (Å²) in [4.78, 5) is 4.24. The molecule has 0 aromatic carbocycles. The third kappa shape index (κ3) is 3.26. The molecule has 2 rings (SSSR count). The molecule has 2 aromatic rings. The van der Waals surface area contributed by atoms with E-state index < -0.39 is 0 Å². The van der Waals surface area contributed by atoms with E-state index in [-0.39, 0.29) is 6.04 Å². The number of pyridine rings is 1. The maximum atomic E-state index is 5.95. The van der Waals surface area contributed by atoms with E-state index >= 15 is 0 Å². The maximum absolute atomic E-state index is 5.95. The van der Waals surface area contributed by atoms with Crippen molar-refractivity contribution in [1.82, 2.24) is 14.8 Å². The number of nitrogens with zero attached hydrogens (tertiary/aromatic N) is 3. The summed E-state index contributed by atoms with van der Waals surface area (Å²) in [6.07, 6.45) is 9.31. The second kappa shape index (κ2) is 5.59. The lowest BCUT2D eigenvalue weighted by molar-refractivity contribution is 0.644. The van der Waals surface area contributed by atoms with Gasteiger partial charge in [-0.2, -0.15) is 5.10 Å². The zero-order valence-corrected chi connectivity index (χ0v) is 11.8. The molecule has 0 aliphatic carbocycles. The van der Waals surface area contributed by atoms with Gasteiger partial charge < -0.3 is 5.73 Å². The predicted octanol–water partition coefficient (Wildman–Crippen LogP) is 2.15. The van der Waals surface area contributed by atoms with Crippen LogP contribution in [0.3, 0.4) is 0 Å². The summed E-state index contributed by atoms with van der Waals surface area (Å²) in [6, 6.07) is 2.29. The summed E-state index contributed by atoms with van der Waals surface area (Å²) in [5, 5.41) is 4.26. The van der Waals surface area contributed by atoms with Crippen LogP contribution in [0.4, 0.5) is 0 Å². The molecule has 4 nitrogen and oxygen atoms in total. The van der Waals surface area contributed by atoms with Crippen molar-refractivity contribution in [2.24, 2.45) is 5.73 Å². The van der Waals surface area contributed by atoms with Gasteiger partial charge in [-0.05, 0) is 47.1 Å². The molecular weight excluding hydrogens is 327 g/mol. The van der Waals surface area contributed by atoms with Crippen molar-refractivity contribution in [2.45, 2.75) is 25.8 Å². The van der Waals surface area contributed by atoms with Crippen LogP contribution in [0.1, 0.15) is 18.9 Å². The highest BCUT2D eigenvalue weighted by atomic mass is 127. The Morgan fingerprint density at radius 3 is 2.88 bits per heavy atom. The van der Waals surface area contributed by atoms with Crippen LogP contribution in [0.5, 0.6) is 0 Å². The molecule has 0 fully saturated rings. The van der Waals surface area contributed by atoms with Crippen LogP contribution in [0.15, 0.2) is 30.9 Å². The average molecular weight is 342 g/mol. The van der Waals surface area contributed by atoms with Crippen molar-refractivity contribution in [3.8, 4) is 5.69 Å². The first-order chi connectivity index (χ1) is 8.19. The topological polar surface area (TPSA) is 56.7 Å². The first kappa shape index (κ1) is 12.5. The van der Waals surface area contributed by atoms with Gasteiger partial charge in [0.25, 0.3) is 0 Å². The van der Waals surface area contributed by atoms with Crippen molar-refractivity contribution < 1.29 is 0 Å². The van der Waals surface area contributed by atoms with Crippen molar-refractivity contribution in [3.63, 3.8) is 0 Å². The third-order valence-corrected chi connectivity index (χ3v) is 3.18. The maximum Gasteiger partial charge on any atom is 0.0831 e. The smallest absolute Gasteiger partial charge is 0.0831 e. The molecule has 2 N–H and O–H groups in total. The van der Waals surface area contributed by atoms with E-state index in [0.717, 1.165) is 27.7 Å². The van der Waals surface area contributed by atoms with E-state index in [1.165, 1.54) is 0 Å². The molecule has 0 bridgehead atoms. The van der Waals surface area contributed by atoms with Gasteiger partial charge in [0.2, 0.25) is 0 Å². The molecule has 2 heterocycles. The standard InChI is InChI=1S/C12H15IN4/c1-2-11(14)3-9-4-12(7-15-5-9)17-8-10(13)6-16-17/h4-8,11H,2-3,14H2,1H3. The molecule has 0 spiro atoms. The second-order valence-electron chi connectivity index (χ2n) is 4.03. The SMILES string of the molecule is CCC(N)Cc1cncc(-n2cc(I)cn2)c1. The number of nitrogens with two attached hydrogens (primary N) is 1. The summed E-state index contributed by atoms with van der Waals surface area (Å²) in [5.41, 5.74) is 8.08. The minimum Gasteiger partial charge on any atom is -0.327 e. The Labute approximate surface area is 114 Å². The third-order valence-electron chi connectivity index (χ3n) is 2.62. The van der Waals surface area contributed by atoms with Crippen LogP contribution in [0, 0.1) is 3.57 Å². The highest BCUT2D eigenvalue weighted by molar-refractivity contribution is 14.1. The number of hydrogen-bond acceptors (Lipinski definition) is 3. The Kier molecular flexibility index (Phi) is 4.11. The van der Waals surface area contributed by atoms with Gasteiger partial charge in [-0.25, -0.2) is 4.68 Å². The summed E-state index contributed by atoms with van der Waals surface area (Å²) in [5.74, 6) is 0. The fourth-order valence-corrected chi connectivity index (χ4v) is 1.99. The fourth-order valence-electron chi connectivity index (χ4n) is 1.60. The van der Waals surface area contributed by atoms with Gasteiger partial charge in [-0.15, -0.1) is 0 Å². The van der Waals surface area contributed by atoms with Crippen molar-refractivity contribution >= 4 is 22.6 Å². The molecule has 1 atom stereocenters. The van der Waals surface area contributed by atoms with Gasteiger partial charge in [-0.3, -0.25) is 4.98 Å². The summed E-state index contributed by atoms with van der Waals surface area (Å²) >= 11 is 2.24. The van der Waals surface area contributed by atoms with Gasteiger partial charge in [0, 0.05) is 18.4 Å². The van der Waals surface area contributed by atoms with Gasteiger partial charge in [0.1, 0.15) is 0 Å². The zero-order chi connectivity index (χ0) is 12.3. The number of rotatable bonds is 4. The Morgan fingerprint density at radius 1 is 1.41 bits per heavy atom. The van der Waals surface area contributed by atoms with E-state index in [9.17, 15) is 0 Å². The average Bonchev–Trinajstić information content (AvgIpc) is 2.76. The summed E-state index contributed by atoms with van der Waals surface area (Å²) in [7, 11) is 0. The largest absolute Gasteiger partial charge is 0.327 e. The lowest BCUT2D eigenvalue weighted by Crippen LogP contribution is -2.21. The van der Waals surface area contributed by atoms with Crippen molar-refractivity contribution in [2.75, 3.05) is 0 Å². The van der Waals surface area contributed by atoms with Crippen molar-refractivity contribution in [1.29, 1.82) is 0 Å². The van der Waals surface area contributed by atoms with Crippen LogP contribution in [0.25, 0.3) is 5.69 Å². The van der Waals surface area contributed by atoms with E-state index in [4.69, 9.17) is 5.73 Å². The molecular formula is C12H15IN4. The molecule has 0 saturated carbocycles. The first-order valence-corrected chi connectivity index (χ1v) is 6.67. The molecule has 2 aromatic heterocycles. The van der Waals surface area contributed by atoms with E-state index in [2.05, 4.69) is 45.7 Å². The van der Waals surface area contributed by atoms with Crippen LogP contribution in [-0.2, 0) is 6.42 Å². The zero-order valence-electron chi connectivity index (χ0n) is 9.68.